The molecule has 1 atom stereocenters. The molecule has 124 valence electrons. The summed E-state index contributed by atoms with van der Waals surface area (Å²) < 4.78 is 0. The molecule has 0 saturated heterocycles. The molecule has 2 N–H and O–H groups in total. The van der Waals surface area contributed by atoms with Gasteiger partial charge in [-0.2, -0.15) is 0 Å². The summed E-state index contributed by atoms with van der Waals surface area (Å²) in [5.41, 5.74) is 0. The van der Waals surface area contributed by atoms with E-state index in [-0.39, 0.29) is 0 Å². The van der Waals surface area contributed by atoms with Crippen molar-refractivity contribution in [3.05, 3.63) is 12.2 Å². The average molecular weight is 298 g/mol. The number of unbranched alkanes of at least 4 members (excludes halogenated alkanes) is 10. The fourth-order valence-electron chi connectivity index (χ4n) is 2.36. The molecule has 0 amide bonds. The first-order chi connectivity index (χ1) is 10.2. The van der Waals surface area contributed by atoms with Gasteiger partial charge in [0, 0.05) is 0 Å². The van der Waals surface area contributed by atoms with Gasteiger partial charge < -0.3 is 10.2 Å². The molecule has 0 bridgehead atoms. The maximum absolute atomic E-state index is 10.4. The van der Waals surface area contributed by atoms with Crippen molar-refractivity contribution in [3.8, 4) is 0 Å². The number of aliphatic hydroxyl groups excluding tert-OH is 1. The normalized spacial score (nSPS) is 12.9. The standard InChI is InChI=1S/C18H34O3/c1-2-3-4-5-6-7-8-9-10-11-12-13-14-15-16-17(19)18(20)21/h9-10,17,19H,2-8,11-16H2,1H3,(H,20,21)/b10-9-. The van der Waals surface area contributed by atoms with Gasteiger partial charge in [-0.05, 0) is 32.1 Å². The van der Waals surface area contributed by atoms with Gasteiger partial charge in [-0.25, -0.2) is 4.79 Å². The van der Waals surface area contributed by atoms with Crippen LogP contribution in [-0.4, -0.2) is 22.3 Å². The summed E-state index contributed by atoms with van der Waals surface area (Å²) in [5, 5.41) is 17.6. The van der Waals surface area contributed by atoms with Gasteiger partial charge in [-0.3, -0.25) is 0 Å². The second-order valence-corrected chi connectivity index (χ2v) is 5.87. The monoisotopic (exact) mass is 298 g/mol. The lowest BCUT2D eigenvalue weighted by atomic mass is 10.1. The minimum atomic E-state index is -1.18. The van der Waals surface area contributed by atoms with E-state index >= 15 is 0 Å². The smallest absolute Gasteiger partial charge is 0.332 e. The van der Waals surface area contributed by atoms with E-state index in [1.165, 1.54) is 44.9 Å². The minimum Gasteiger partial charge on any atom is -0.479 e. The molecule has 21 heavy (non-hydrogen) atoms. The zero-order valence-electron chi connectivity index (χ0n) is 13.7. The number of aliphatic hydroxyl groups is 1. The van der Waals surface area contributed by atoms with E-state index < -0.39 is 12.1 Å². The summed E-state index contributed by atoms with van der Waals surface area (Å²) in [4.78, 5) is 10.4. The van der Waals surface area contributed by atoms with Crippen LogP contribution in [0.3, 0.4) is 0 Å². The molecule has 0 heterocycles. The molecular weight excluding hydrogens is 264 g/mol. The van der Waals surface area contributed by atoms with Gasteiger partial charge in [0.2, 0.25) is 0 Å². The van der Waals surface area contributed by atoms with Gasteiger partial charge in [-0.1, -0.05) is 70.4 Å². The number of aliphatic carboxylic acids is 1. The summed E-state index contributed by atoms with van der Waals surface area (Å²) in [6, 6.07) is 0. The lowest BCUT2D eigenvalue weighted by Gasteiger charge is -2.04. The molecule has 0 fully saturated rings. The fraction of sp³-hybridized carbons (Fsp3) is 0.833. The molecule has 0 aromatic heterocycles. The summed E-state index contributed by atoms with van der Waals surface area (Å²) in [6.07, 6.45) is 18.3. The third-order valence-corrected chi connectivity index (χ3v) is 3.77. The van der Waals surface area contributed by atoms with E-state index in [4.69, 9.17) is 10.2 Å². The molecule has 0 aliphatic heterocycles. The number of carboxylic acid groups (broad SMARTS) is 1. The van der Waals surface area contributed by atoms with Crippen molar-refractivity contribution in [1.82, 2.24) is 0 Å². The van der Waals surface area contributed by atoms with E-state index in [1.807, 2.05) is 0 Å². The van der Waals surface area contributed by atoms with Gasteiger partial charge in [0.1, 0.15) is 0 Å². The zero-order chi connectivity index (χ0) is 15.8. The Labute approximate surface area is 130 Å². The Morgan fingerprint density at radius 3 is 1.86 bits per heavy atom. The average Bonchev–Trinajstić information content (AvgIpc) is 2.47. The Morgan fingerprint density at radius 2 is 1.33 bits per heavy atom. The topological polar surface area (TPSA) is 57.5 Å². The van der Waals surface area contributed by atoms with Crippen molar-refractivity contribution in [2.45, 2.75) is 96.5 Å². The van der Waals surface area contributed by atoms with E-state index in [9.17, 15) is 4.79 Å². The van der Waals surface area contributed by atoms with Crippen LogP contribution in [0.25, 0.3) is 0 Å². The molecule has 1 unspecified atom stereocenters. The molecule has 0 radical (unpaired) electrons. The van der Waals surface area contributed by atoms with Crippen LogP contribution in [-0.2, 0) is 4.79 Å². The first-order valence-electron chi connectivity index (χ1n) is 8.74. The third-order valence-electron chi connectivity index (χ3n) is 3.77. The molecule has 0 rings (SSSR count). The van der Waals surface area contributed by atoms with Crippen molar-refractivity contribution in [2.75, 3.05) is 0 Å². The van der Waals surface area contributed by atoms with Crippen LogP contribution >= 0.6 is 0 Å². The summed E-state index contributed by atoms with van der Waals surface area (Å²) in [6.45, 7) is 2.25. The van der Waals surface area contributed by atoms with Crippen molar-refractivity contribution < 1.29 is 15.0 Å². The highest BCUT2D eigenvalue weighted by Gasteiger charge is 2.11. The number of allylic oxidation sites excluding steroid dienone is 2. The van der Waals surface area contributed by atoms with Crippen LogP contribution in [0, 0.1) is 0 Å². The molecule has 0 aliphatic rings. The second-order valence-electron chi connectivity index (χ2n) is 5.87. The van der Waals surface area contributed by atoms with Crippen LogP contribution in [0.2, 0.25) is 0 Å². The van der Waals surface area contributed by atoms with Gasteiger partial charge in [0.15, 0.2) is 6.10 Å². The number of rotatable bonds is 15. The molecule has 0 aromatic carbocycles. The van der Waals surface area contributed by atoms with Crippen molar-refractivity contribution >= 4 is 5.97 Å². The number of hydrogen-bond acceptors (Lipinski definition) is 2. The SMILES string of the molecule is CCCCCCCC/C=C\CCCCCCC(O)C(=O)O. The fourth-order valence-corrected chi connectivity index (χ4v) is 2.36. The van der Waals surface area contributed by atoms with Gasteiger partial charge in [-0.15, -0.1) is 0 Å². The molecular formula is C18H34O3. The summed E-state index contributed by atoms with van der Waals surface area (Å²) >= 11 is 0. The van der Waals surface area contributed by atoms with Crippen molar-refractivity contribution in [2.24, 2.45) is 0 Å². The van der Waals surface area contributed by atoms with E-state index in [0.717, 1.165) is 32.1 Å². The third kappa shape index (κ3) is 15.4. The molecule has 3 nitrogen and oxygen atoms in total. The predicted octanol–water partition coefficient (Wildman–Crippen LogP) is 5.08. The number of hydrogen-bond donors (Lipinski definition) is 2. The highest BCUT2D eigenvalue weighted by atomic mass is 16.4. The quantitative estimate of drug-likeness (QED) is 0.327. The molecule has 0 saturated carbocycles. The van der Waals surface area contributed by atoms with Crippen LogP contribution < -0.4 is 0 Å². The van der Waals surface area contributed by atoms with Gasteiger partial charge in [0.25, 0.3) is 0 Å². The van der Waals surface area contributed by atoms with E-state index in [2.05, 4.69) is 19.1 Å². The lowest BCUT2D eigenvalue weighted by Crippen LogP contribution is -2.18. The second kappa shape index (κ2) is 15.6. The highest BCUT2D eigenvalue weighted by molar-refractivity contribution is 5.71. The first kappa shape index (κ1) is 20.2. The molecule has 0 spiro atoms. The van der Waals surface area contributed by atoms with E-state index in [1.54, 1.807) is 0 Å². The van der Waals surface area contributed by atoms with E-state index in [0.29, 0.717) is 6.42 Å². The predicted molar refractivity (Wildman–Crippen MR) is 88.5 cm³/mol. The number of carbonyl (C=O) groups is 1. The van der Waals surface area contributed by atoms with Crippen LogP contribution in [0.4, 0.5) is 0 Å². The zero-order valence-corrected chi connectivity index (χ0v) is 13.7. The largest absolute Gasteiger partial charge is 0.479 e. The Bertz CT molecular complexity index is 261. The highest BCUT2D eigenvalue weighted by Crippen LogP contribution is 2.10. The first-order valence-corrected chi connectivity index (χ1v) is 8.74. The van der Waals surface area contributed by atoms with Crippen LogP contribution in [0.5, 0.6) is 0 Å². The summed E-state index contributed by atoms with van der Waals surface area (Å²) in [5.74, 6) is -1.10. The maximum atomic E-state index is 10.4. The Hall–Kier alpha value is -0.830. The van der Waals surface area contributed by atoms with Crippen LogP contribution in [0.1, 0.15) is 90.4 Å². The number of carboxylic acids is 1. The summed E-state index contributed by atoms with van der Waals surface area (Å²) in [7, 11) is 0. The Kier molecular flexibility index (Phi) is 14.9. The van der Waals surface area contributed by atoms with Gasteiger partial charge in [0.05, 0.1) is 0 Å². The van der Waals surface area contributed by atoms with Crippen LogP contribution in [0.15, 0.2) is 12.2 Å². The molecule has 0 aliphatic carbocycles. The molecule has 0 aromatic rings. The minimum absolute atomic E-state index is 0.378. The Balaban J connectivity index is 3.17. The van der Waals surface area contributed by atoms with Gasteiger partial charge >= 0.3 is 5.97 Å². The van der Waals surface area contributed by atoms with Crippen molar-refractivity contribution in [1.29, 1.82) is 0 Å². The lowest BCUT2D eigenvalue weighted by molar-refractivity contribution is -0.146. The maximum Gasteiger partial charge on any atom is 0.332 e. The molecule has 3 heteroatoms. The Morgan fingerprint density at radius 1 is 0.857 bits per heavy atom. The van der Waals surface area contributed by atoms with Crippen molar-refractivity contribution in [3.63, 3.8) is 0 Å².